The maximum Gasteiger partial charge on any atom is 0.169 e. The zero-order chi connectivity index (χ0) is 19.3. The first kappa shape index (κ1) is 19.0. The molecule has 0 heterocycles. The Hall–Kier alpha value is -1.80. The number of nitrogens with zero attached hydrogens (tertiary/aromatic N) is 2. The zero-order valence-electron chi connectivity index (χ0n) is 17.2. The molecule has 0 spiro atoms. The topological polar surface area (TPSA) is 47.6 Å². The second-order valence-corrected chi connectivity index (χ2v) is 10.6. The molecule has 1 aromatic rings. The third-order valence-corrected chi connectivity index (χ3v) is 7.03. The summed E-state index contributed by atoms with van der Waals surface area (Å²) in [5, 5.41) is 19.9. The van der Waals surface area contributed by atoms with E-state index in [2.05, 4.69) is 65.8 Å². The van der Waals surface area contributed by atoms with Crippen molar-refractivity contribution in [1.29, 1.82) is 10.5 Å². The molecule has 0 saturated carbocycles. The van der Waals surface area contributed by atoms with Crippen molar-refractivity contribution in [2.24, 2.45) is 22.7 Å². The Labute approximate surface area is 159 Å². The lowest BCUT2D eigenvalue weighted by atomic mass is 9.59. The van der Waals surface area contributed by atoms with Gasteiger partial charge in [0.15, 0.2) is 5.41 Å². The van der Waals surface area contributed by atoms with Crippen LogP contribution in [0, 0.1) is 45.3 Å². The van der Waals surface area contributed by atoms with Crippen LogP contribution in [0.1, 0.15) is 76.6 Å². The fraction of sp³-hybridized carbons (Fsp3) is 0.667. The highest BCUT2D eigenvalue weighted by molar-refractivity contribution is 5.53. The molecule has 2 unspecified atom stereocenters. The molecule has 138 valence electrons. The molecule has 2 aliphatic rings. The molecule has 0 saturated heterocycles. The first-order valence-electron chi connectivity index (χ1n) is 9.98. The number of benzene rings is 1. The van der Waals surface area contributed by atoms with Gasteiger partial charge in [-0.25, -0.2) is 0 Å². The smallest absolute Gasteiger partial charge is 0.169 e. The van der Waals surface area contributed by atoms with Gasteiger partial charge in [-0.05, 0) is 77.0 Å². The quantitative estimate of drug-likeness (QED) is 0.601. The molecule has 3 rings (SSSR count). The second kappa shape index (κ2) is 6.13. The van der Waals surface area contributed by atoms with Gasteiger partial charge >= 0.3 is 0 Å². The Balaban J connectivity index is 2.12. The highest BCUT2D eigenvalue weighted by Crippen LogP contribution is 2.49. The molecule has 0 amide bonds. The van der Waals surface area contributed by atoms with Gasteiger partial charge in [-0.15, -0.1) is 0 Å². The average molecular weight is 349 g/mol. The van der Waals surface area contributed by atoms with E-state index in [1.165, 1.54) is 23.1 Å². The van der Waals surface area contributed by atoms with Crippen molar-refractivity contribution in [3.63, 3.8) is 0 Å². The zero-order valence-corrected chi connectivity index (χ0v) is 17.2. The van der Waals surface area contributed by atoms with Crippen LogP contribution in [0.5, 0.6) is 0 Å². The molecule has 0 fully saturated rings. The second-order valence-electron chi connectivity index (χ2n) is 10.6. The average Bonchev–Trinajstić information content (AvgIpc) is 2.58. The lowest BCUT2D eigenvalue weighted by Crippen LogP contribution is -2.39. The summed E-state index contributed by atoms with van der Waals surface area (Å²) in [6.45, 7) is 13.8. The van der Waals surface area contributed by atoms with Gasteiger partial charge < -0.3 is 0 Å². The molecule has 0 bridgehead atoms. The molecule has 0 N–H and O–H groups in total. The molecular weight excluding hydrogens is 316 g/mol. The number of fused-ring (bicyclic) bond motifs is 3. The number of nitriles is 2. The Kier molecular flexibility index (Phi) is 4.47. The summed E-state index contributed by atoms with van der Waals surface area (Å²) in [5.74, 6) is 1.06. The van der Waals surface area contributed by atoms with Crippen molar-refractivity contribution < 1.29 is 0 Å². The predicted molar refractivity (Wildman–Crippen MR) is 106 cm³/mol. The van der Waals surface area contributed by atoms with Crippen LogP contribution in [-0.2, 0) is 24.7 Å². The summed E-state index contributed by atoms with van der Waals surface area (Å²) < 4.78 is 0. The summed E-state index contributed by atoms with van der Waals surface area (Å²) >= 11 is 0. The van der Waals surface area contributed by atoms with Crippen LogP contribution < -0.4 is 0 Å². The van der Waals surface area contributed by atoms with E-state index in [1.807, 2.05) is 0 Å². The summed E-state index contributed by atoms with van der Waals surface area (Å²) in [6, 6.07) is 9.13. The molecule has 2 heteroatoms. The molecule has 2 nitrogen and oxygen atoms in total. The van der Waals surface area contributed by atoms with Crippen LogP contribution in [0.2, 0.25) is 0 Å². The van der Waals surface area contributed by atoms with Crippen molar-refractivity contribution in [2.75, 3.05) is 0 Å². The normalized spacial score (nSPS) is 24.8. The van der Waals surface area contributed by atoms with E-state index >= 15 is 0 Å². The third kappa shape index (κ3) is 3.05. The summed E-state index contributed by atoms with van der Waals surface area (Å²) in [5.41, 5.74) is 4.66. The Morgan fingerprint density at radius 3 is 2.04 bits per heavy atom. The van der Waals surface area contributed by atoms with Crippen molar-refractivity contribution in [2.45, 2.75) is 79.1 Å². The molecule has 26 heavy (non-hydrogen) atoms. The largest absolute Gasteiger partial charge is 0.196 e. The predicted octanol–water partition coefficient (Wildman–Crippen LogP) is 5.73. The monoisotopic (exact) mass is 348 g/mol. The van der Waals surface area contributed by atoms with Crippen molar-refractivity contribution in [1.82, 2.24) is 0 Å². The maximum atomic E-state index is 9.95. The van der Waals surface area contributed by atoms with Gasteiger partial charge in [-0.2, -0.15) is 10.5 Å². The van der Waals surface area contributed by atoms with Crippen molar-refractivity contribution in [3.05, 3.63) is 34.4 Å². The number of hydrogen-bond acceptors (Lipinski definition) is 2. The molecule has 2 aliphatic carbocycles. The molecular formula is C24H32N2. The van der Waals surface area contributed by atoms with Gasteiger partial charge in [0.2, 0.25) is 0 Å². The molecule has 0 aromatic heterocycles. The molecule has 0 radical (unpaired) electrons. The van der Waals surface area contributed by atoms with Crippen LogP contribution in [0.4, 0.5) is 0 Å². The van der Waals surface area contributed by atoms with Crippen molar-refractivity contribution in [3.8, 4) is 12.1 Å². The Morgan fingerprint density at radius 1 is 0.885 bits per heavy atom. The highest BCUT2D eigenvalue weighted by Gasteiger charge is 2.46. The van der Waals surface area contributed by atoms with E-state index in [0.29, 0.717) is 23.7 Å². The van der Waals surface area contributed by atoms with Gasteiger partial charge in [0.05, 0.1) is 12.1 Å². The van der Waals surface area contributed by atoms with Crippen LogP contribution in [0.15, 0.2) is 12.1 Å². The maximum absolute atomic E-state index is 9.95. The van der Waals surface area contributed by atoms with Crippen LogP contribution in [0.25, 0.3) is 0 Å². The SMILES string of the molecule is CC(C)(C)C1CCc2c(ccc3c2CC(C(C)(C)C)CC3(C#N)C#N)C1. The van der Waals surface area contributed by atoms with E-state index < -0.39 is 5.41 Å². The lowest BCUT2D eigenvalue weighted by molar-refractivity contribution is 0.192. The van der Waals surface area contributed by atoms with Gasteiger partial charge in [0.1, 0.15) is 0 Å². The standard InChI is InChI=1S/C24H32N2/c1-22(2,3)17-8-9-19-16(11-17)7-10-21-20(19)12-18(23(4,5)6)13-24(21,14-25)15-26/h7,10,17-18H,8-9,11-13H2,1-6H3. The summed E-state index contributed by atoms with van der Waals surface area (Å²) in [4.78, 5) is 0. The Morgan fingerprint density at radius 2 is 1.50 bits per heavy atom. The highest BCUT2D eigenvalue weighted by atomic mass is 14.5. The Bertz CT molecular complexity index is 776. The lowest BCUT2D eigenvalue weighted by Gasteiger charge is -2.43. The van der Waals surface area contributed by atoms with Gasteiger partial charge in [0.25, 0.3) is 0 Å². The van der Waals surface area contributed by atoms with Crippen molar-refractivity contribution >= 4 is 0 Å². The first-order valence-corrected chi connectivity index (χ1v) is 9.98. The summed E-state index contributed by atoms with van der Waals surface area (Å²) in [7, 11) is 0. The minimum Gasteiger partial charge on any atom is -0.196 e. The van der Waals surface area contributed by atoms with Crippen LogP contribution in [0.3, 0.4) is 0 Å². The molecule has 2 atom stereocenters. The summed E-state index contributed by atoms with van der Waals surface area (Å²) in [6.07, 6.45) is 5.08. The van der Waals surface area contributed by atoms with Gasteiger partial charge in [-0.1, -0.05) is 53.7 Å². The van der Waals surface area contributed by atoms with E-state index in [1.54, 1.807) is 0 Å². The fourth-order valence-electron chi connectivity index (χ4n) is 4.95. The van der Waals surface area contributed by atoms with Gasteiger partial charge in [0, 0.05) is 0 Å². The van der Waals surface area contributed by atoms with E-state index in [9.17, 15) is 10.5 Å². The third-order valence-electron chi connectivity index (χ3n) is 7.03. The minimum absolute atomic E-state index is 0.0992. The minimum atomic E-state index is -0.985. The van der Waals surface area contributed by atoms with Crippen LogP contribution >= 0.6 is 0 Å². The number of rotatable bonds is 0. The number of hydrogen-bond donors (Lipinski definition) is 0. The molecule has 1 aromatic carbocycles. The first-order chi connectivity index (χ1) is 12.0. The van der Waals surface area contributed by atoms with E-state index in [4.69, 9.17) is 0 Å². The van der Waals surface area contributed by atoms with Crippen LogP contribution in [-0.4, -0.2) is 0 Å². The van der Waals surface area contributed by atoms with E-state index in [0.717, 1.165) is 24.8 Å². The molecule has 0 aliphatic heterocycles. The van der Waals surface area contributed by atoms with Gasteiger partial charge in [-0.3, -0.25) is 0 Å². The van der Waals surface area contributed by atoms with E-state index in [-0.39, 0.29) is 5.41 Å². The fourth-order valence-corrected chi connectivity index (χ4v) is 4.95.